The summed E-state index contributed by atoms with van der Waals surface area (Å²) >= 11 is 0. The SMILES string of the molecule is CNC(C)c1cccn1Cc1ncnn1C(C)C. The number of nitrogens with one attached hydrogen (secondary N) is 1. The average molecular weight is 247 g/mol. The van der Waals surface area contributed by atoms with Crippen molar-refractivity contribution < 1.29 is 0 Å². The first-order valence-corrected chi connectivity index (χ1v) is 6.34. The summed E-state index contributed by atoms with van der Waals surface area (Å²) in [5, 5.41) is 7.53. The van der Waals surface area contributed by atoms with Crippen LogP contribution in [0, 0.1) is 0 Å². The minimum atomic E-state index is 0.329. The molecule has 1 atom stereocenters. The van der Waals surface area contributed by atoms with E-state index in [1.807, 2.05) is 11.7 Å². The fourth-order valence-corrected chi connectivity index (χ4v) is 2.08. The van der Waals surface area contributed by atoms with Gasteiger partial charge in [-0.15, -0.1) is 0 Å². The number of nitrogens with zero attached hydrogens (tertiary/aromatic N) is 4. The second-order valence-electron chi connectivity index (χ2n) is 4.79. The van der Waals surface area contributed by atoms with Crippen LogP contribution in [0.4, 0.5) is 0 Å². The highest BCUT2D eigenvalue weighted by Gasteiger charge is 2.12. The van der Waals surface area contributed by atoms with E-state index in [0.29, 0.717) is 12.1 Å². The van der Waals surface area contributed by atoms with E-state index in [2.05, 4.69) is 59.1 Å². The molecule has 0 radical (unpaired) electrons. The van der Waals surface area contributed by atoms with Gasteiger partial charge in [0, 0.05) is 24.0 Å². The van der Waals surface area contributed by atoms with Crippen LogP contribution in [0.5, 0.6) is 0 Å². The van der Waals surface area contributed by atoms with Crippen molar-refractivity contribution in [3.63, 3.8) is 0 Å². The molecule has 2 aromatic rings. The summed E-state index contributed by atoms with van der Waals surface area (Å²) in [7, 11) is 1.97. The molecule has 0 bridgehead atoms. The van der Waals surface area contributed by atoms with Crippen LogP contribution in [0.15, 0.2) is 24.7 Å². The van der Waals surface area contributed by atoms with Gasteiger partial charge in [0.1, 0.15) is 12.2 Å². The molecule has 1 N–H and O–H groups in total. The van der Waals surface area contributed by atoms with Gasteiger partial charge in [-0.3, -0.25) is 0 Å². The quantitative estimate of drug-likeness (QED) is 0.879. The summed E-state index contributed by atoms with van der Waals surface area (Å²) in [6.45, 7) is 7.14. The van der Waals surface area contributed by atoms with Crippen LogP contribution >= 0.6 is 0 Å². The molecule has 0 aliphatic rings. The summed E-state index contributed by atoms with van der Waals surface area (Å²) in [5.41, 5.74) is 1.26. The van der Waals surface area contributed by atoms with Gasteiger partial charge in [-0.25, -0.2) is 9.67 Å². The van der Waals surface area contributed by atoms with E-state index >= 15 is 0 Å². The third kappa shape index (κ3) is 2.46. The molecule has 98 valence electrons. The highest BCUT2D eigenvalue weighted by Crippen LogP contribution is 2.15. The lowest BCUT2D eigenvalue weighted by Crippen LogP contribution is -2.18. The van der Waals surface area contributed by atoms with Crippen molar-refractivity contribution in [2.75, 3.05) is 7.05 Å². The van der Waals surface area contributed by atoms with Gasteiger partial charge in [-0.05, 0) is 40.0 Å². The second kappa shape index (κ2) is 5.35. The lowest BCUT2D eigenvalue weighted by Gasteiger charge is -2.16. The van der Waals surface area contributed by atoms with E-state index in [4.69, 9.17) is 0 Å². The molecule has 2 rings (SSSR count). The molecule has 0 spiro atoms. The Morgan fingerprint density at radius 2 is 2.11 bits per heavy atom. The highest BCUT2D eigenvalue weighted by molar-refractivity contribution is 5.12. The second-order valence-corrected chi connectivity index (χ2v) is 4.79. The molecule has 0 aliphatic heterocycles. The van der Waals surface area contributed by atoms with Crippen LogP contribution in [0.25, 0.3) is 0 Å². The third-order valence-electron chi connectivity index (χ3n) is 3.19. The lowest BCUT2D eigenvalue weighted by molar-refractivity contribution is 0.489. The van der Waals surface area contributed by atoms with Crippen molar-refractivity contribution in [1.82, 2.24) is 24.6 Å². The Labute approximate surface area is 108 Å². The van der Waals surface area contributed by atoms with Gasteiger partial charge in [-0.2, -0.15) is 5.10 Å². The van der Waals surface area contributed by atoms with Gasteiger partial charge >= 0.3 is 0 Å². The maximum atomic E-state index is 4.35. The molecule has 1 unspecified atom stereocenters. The molecule has 0 fully saturated rings. The zero-order chi connectivity index (χ0) is 13.1. The molecule has 2 heterocycles. The van der Waals surface area contributed by atoms with Crippen molar-refractivity contribution in [2.45, 2.75) is 39.4 Å². The average Bonchev–Trinajstić information content (AvgIpc) is 2.97. The van der Waals surface area contributed by atoms with Crippen LogP contribution < -0.4 is 5.32 Å². The highest BCUT2D eigenvalue weighted by atomic mass is 15.4. The summed E-state index contributed by atoms with van der Waals surface area (Å²) in [6, 6.07) is 4.87. The minimum Gasteiger partial charge on any atom is -0.342 e. The van der Waals surface area contributed by atoms with Crippen LogP contribution in [-0.2, 0) is 6.54 Å². The molecule has 18 heavy (non-hydrogen) atoms. The predicted molar refractivity (Wildman–Crippen MR) is 71.4 cm³/mol. The van der Waals surface area contributed by atoms with Crippen molar-refractivity contribution >= 4 is 0 Å². The van der Waals surface area contributed by atoms with Crippen LogP contribution in [0.2, 0.25) is 0 Å². The molecule has 5 nitrogen and oxygen atoms in total. The van der Waals surface area contributed by atoms with E-state index in [-0.39, 0.29) is 0 Å². The van der Waals surface area contributed by atoms with Crippen molar-refractivity contribution in [3.8, 4) is 0 Å². The van der Waals surface area contributed by atoms with E-state index in [0.717, 1.165) is 12.4 Å². The van der Waals surface area contributed by atoms with E-state index < -0.39 is 0 Å². The Hall–Kier alpha value is -1.62. The zero-order valence-electron chi connectivity index (χ0n) is 11.5. The van der Waals surface area contributed by atoms with Gasteiger partial charge in [-0.1, -0.05) is 0 Å². The molecular weight excluding hydrogens is 226 g/mol. The van der Waals surface area contributed by atoms with Gasteiger partial charge in [0.2, 0.25) is 0 Å². The Kier molecular flexibility index (Phi) is 3.81. The van der Waals surface area contributed by atoms with Crippen molar-refractivity contribution in [1.29, 1.82) is 0 Å². The Bertz CT molecular complexity index is 497. The number of hydrogen-bond acceptors (Lipinski definition) is 3. The number of aromatic nitrogens is 4. The van der Waals surface area contributed by atoms with Gasteiger partial charge in [0.25, 0.3) is 0 Å². The van der Waals surface area contributed by atoms with Gasteiger partial charge in [0.05, 0.1) is 6.54 Å². The fourth-order valence-electron chi connectivity index (χ4n) is 2.08. The molecule has 0 aliphatic carbocycles. The fraction of sp³-hybridized carbons (Fsp3) is 0.538. The van der Waals surface area contributed by atoms with E-state index in [1.54, 1.807) is 6.33 Å². The van der Waals surface area contributed by atoms with Crippen molar-refractivity contribution in [2.24, 2.45) is 0 Å². The molecule has 0 aromatic carbocycles. The Morgan fingerprint density at radius 1 is 1.33 bits per heavy atom. The molecule has 0 saturated carbocycles. The molecule has 2 aromatic heterocycles. The summed E-state index contributed by atoms with van der Waals surface area (Å²) in [5.74, 6) is 0.991. The largest absolute Gasteiger partial charge is 0.342 e. The molecule has 0 amide bonds. The standard InChI is InChI=1S/C13H21N5/c1-10(2)18-13(15-9-16-18)8-17-7-5-6-12(17)11(3)14-4/h5-7,9-11,14H,8H2,1-4H3. The predicted octanol–water partition coefficient (Wildman–Crippen LogP) is 1.99. The van der Waals surface area contributed by atoms with E-state index in [9.17, 15) is 0 Å². The maximum Gasteiger partial charge on any atom is 0.147 e. The monoisotopic (exact) mass is 247 g/mol. The van der Waals surface area contributed by atoms with Crippen molar-refractivity contribution in [3.05, 3.63) is 36.2 Å². The normalized spacial score (nSPS) is 13.2. The Morgan fingerprint density at radius 3 is 2.78 bits per heavy atom. The van der Waals surface area contributed by atoms with Crippen LogP contribution in [0.3, 0.4) is 0 Å². The zero-order valence-corrected chi connectivity index (χ0v) is 11.5. The molecule has 5 heteroatoms. The first kappa shape index (κ1) is 12.8. The van der Waals surface area contributed by atoms with E-state index in [1.165, 1.54) is 5.69 Å². The minimum absolute atomic E-state index is 0.329. The summed E-state index contributed by atoms with van der Waals surface area (Å²) < 4.78 is 4.18. The summed E-state index contributed by atoms with van der Waals surface area (Å²) in [6.07, 6.45) is 3.71. The topological polar surface area (TPSA) is 47.7 Å². The Balaban J connectivity index is 2.24. The van der Waals surface area contributed by atoms with Crippen LogP contribution in [0.1, 0.15) is 44.4 Å². The van der Waals surface area contributed by atoms with Gasteiger partial charge < -0.3 is 9.88 Å². The first-order chi connectivity index (χ1) is 8.63. The summed E-state index contributed by atoms with van der Waals surface area (Å²) in [4.78, 5) is 4.35. The smallest absolute Gasteiger partial charge is 0.147 e. The van der Waals surface area contributed by atoms with Crippen LogP contribution in [-0.4, -0.2) is 26.4 Å². The number of rotatable bonds is 5. The lowest BCUT2D eigenvalue weighted by atomic mass is 10.2. The number of hydrogen-bond donors (Lipinski definition) is 1. The van der Waals surface area contributed by atoms with Gasteiger partial charge in [0.15, 0.2) is 0 Å². The third-order valence-corrected chi connectivity index (χ3v) is 3.19. The molecular formula is C13H21N5. The first-order valence-electron chi connectivity index (χ1n) is 6.34. The molecule has 0 saturated heterocycles. The maximum absolute atomic E-state index is 4.35.